The van der Waals surface area contributed by atoms with Gasteiger partial charge in [0.1, 0.15) is 0 Å². The second-order valence-corrected chi connectivity index (χ2v) is 4.85. The molecule has 2 aromatic rings. The molecule has 1 heterocycles. The van der Waals surface area contributed by atoms with Crippen molar-refractivity contribution >= 4 is 22.8 Å². The fraction of sp³-hybridized carbons (Fsp3) is 0.357. The zero-order chi connectivity index (χ0) is 14.0. The zero-order valence-corrected chi connectivity index (χ0v) is 11.6. The number of aryl methyl sites for hydroxylation is 2. The van der Waals surface area contributed by atoms with Crippen LogP contribution in [-0.4, -0.2) is 22.0 Å². The number of benzene rings is 1. The van der Waals surface area contributed by atoms with E-state index in [-0.39, 0.29) is 12.1 Å². The lowest BCUT2D eigenvalue weighted by Crippen LogP contribution is -2.34. The molecule has 0 saturated carbocycles. The van der Waals surface area contributed by atoms with Gasteiger partial charge in [-0.05, 0) is 45.9 Å². The fourth-order valence-electron chi connectivity index (χ4n) is 1.74. The van der Waals surface area contributed by atoms with Crippen LogP contribution < -0.4 is 10.6 Å². The van der Waals surface area contributed by atoms with Crippen LogP contribution in [-0.2, 0) is 0 Å². The van der Waals surface area contributed by atoms with Crippen molar-refractivity contribution in [3.8, 4) is 0 Å². The second kappa shape index (κ2) is 5.22. The largest absolute Gasteiger partial charge is 0.336 e. The molecule has 2 N–H and O–H groups in total. The van der Waals surface area contributed by atoms with Gasteiger partial charge in [0.2, 0.25) is 0 Å². The third-order valence-electron chi connectivity index (χ3n) is 2.75. The van der Waals surface area contributed by atoms with Crippen molar-refractivity contribution in [2.75, 3.05) is 5.32 Å². The molecule has 1 aromatic heterocycles. The summed E-state index contributed by atoms with van der Waals surface area (Å²) < 4.78 is 0. The molecule has 0 aliphatic rings. The van der Waals surface area contributed by atoms with Gasteiger partial charge in [0.05, 0.1) is 22.4 Å². The highest BCUT2D eigenvalue weighted by molar-refractivity contribution is 5.91. The Hall–Kier alpha value is -2.17. The molecule has 5 heteroatoms. The first-order valence-electron chi connectivity index (χ1n) is 6.28. The van der Waals surface area contributed by atoms with E-state index in [0.29, 0.717) is 5.69 Å². The zero-order valence-electron chi connectivity index (χ0n) is 11.6. The van der Waals surface area contributed by atoms with E-state index < -0.39 is 0 Å². The lowest BCUT2D eigenvalue weighted by Gasteiger charge is -2.10. The molecule has 19 heavy (non-hydrogen) atoms. The van der Waals surface area contributed by atoms with E-state index in [1.807, 2.05) is 45.9 Å². The van der Waals surface area contributed by atoms with Crippen molar-refractivity contribution in [3.63, 3.8) is 0 Å². The summed E-state index contributed by atoms with van der Waals surface area (Å²) in [4.78, 5) is 20.5. The summed E-state index contributed by atoms with van der Waals surface area (Å²) in [7, 11) is 0. The Kier molecular flexibility index (Phi) is 3.64. The molecule has 2 amide bonds. The summed E-state index contributed by atoms with van der Waals surface area (Å²) in [5.41, 5.74) is 4.15. The third-order valence-corrected chi connectivity index (χ3v) is 2.75. The van der Waals surface area contributed by atoms with Crippen LogP contribution in [0.5, 0.6) is 0 Å². The fourth-order valence-corrected chi connectivity index (χ4v) is 1.74. The van der Waals surface area contributed by atoms with Crippen molar-refractivity contribution < 1.29 is 4.79 Å². The number of urea groups is 1. The Morgan fingerprint density at radius 3 is 2.37 bits per heavy atom. The minimum absolute atomic E-state index is 0.102. The molecule has 0 spiro atoms. The van der Waals surface area contributed by atoms with E-state index in [2.05, 4.69) is 20.6 Å². The minimum Gasteiger partial charge on any atom is -0.336 e. The topological polar surface area (TPSA) is 66.9 Å². The second-order valence-electron chi connectivity index (χ2n) is 4.85. The number of nitrogens with zero attached hydrogens (tertiary/aromatic N) is 2. The van der Waals surface area contributed by atoms with Crippen LogP contribution in [0, 0.1) is 13.8 Å². The first-order chi connectivity index (χ1) is 8.95. The Labute approximate surface area is 112 Å². The van der Waals surface area contributed by atoms with E-state index in [1.54, 1.807) is 0 Å². The van der Waals surface area contributed by atoms with Crippen LogP contribution in [0.4, 0.5) is 10.5 Å². The SMILES string of the molecule is Cc1nc2ccc(NC(=O)NC(C)C)cc2nc1C. The molecule has 0 saturated heterocycles. The number of fused-ring (bicyclic) bond motifs is 1. The van der Waals surface area contributed by atoms with Gasteiger partial charge in [-0.2, -0.15) is 0 Å². The molecule has 0 aliphatic carbocycles. The van der Waals surface area contributed by atoms with Gasteiger partial charge in [0, 0.05) is 11.7 Å². The molecule has 5 nitrogen and oxygen atoms in total. The lowest BCUT2D eigenvalue weighted by molar-refractivity contribution is 0.250. The lowest BCUT2D eigenvalue weighted by atomic mass is 10.2. The highest BCUT2D eigenvalue weighted by atomic mass is 16.2. The van der Waals surface area contributed by atoms with E-state index in [1.165, 1.54) is 0 Å². The normalized spacial score (nSPS) is 10.8. The molecular weight excluding hydrogens is 240 g/mol. The predicted octanol–water partition coefficient (Wildman–Crippen LogP) is 2.78. The van der Waals surface area contributed by atoms with Gasteiger partial charge < -0.3 is 10.6 Å². The molecule has 0 unspecified atom stereocenters. The number of hydrogen-bond acceptors (Lipinski definition) is 3. The molecule has 0 atom stereocenters. The third kappa shape index (κ3) is 3.19. The van der Waals surface area contributed by atoms with Gasteiger partial charge >= 0.3 is 6.03 Å². The molecule has 100 valence electrons. The van der Waals surface area contributed by atoms with Crippen molar-refractivity contribution in [2.24, 2.45) is 0 Å². The van der Waals surface area contributed by atoms with Crippen molar-refractivity contribution in [1.82, 2.24) is 15.3 Å². The van der Waals surface area contributed by atoms with E-state index in [9.17, 15) is 4.79 Å². The Morgan fingerprint density at radius 2 is 1.74 bits per heavy atom. The predicted molar refractivity (Wildman–Crippen MR) is 76.3 cm³/mol. The quantitative estimate of drug-likeness (QED) is 0.870. The van der Waals surface area contributed by atoms with Crippen LogP contribution in [0.25, 0.3) is 11.0 Å². The summed E-state index contributed by atoms with van der Waals surface area (Å²) in [6, 6.07) is 5.40. The molecule has 0 bridgehead atoms. The van der Waals surface area contributed by atoms with E-state index >= 15 is 0 Å². The Balaban J connectivity index is 2.26. The monoisotopic (exact) mass is 258 g/mol. The number of anilines is 1. The highest BCUT2D eigenvalue weighted by Gasteiger charge is 2.06. The molecule has 1 aromatic carbocycles. The van der Waals surface area contributed by atoms with Gasteiger partial charge in [-0.1, -0.05) is 0 Å². The number of carbonyl (C=O) groups excluding carboxylic acids is 1. The highest BCUT2D eigenvalue weighted by Crippen LogP contribution is 2.17. The van der Waals surface area contributed by atoms with Crippen LogP contribution >= 0.6 is 0 Å². The molecule has 0 aliphatic heterocycles. The summed E-state index contributed by atoms with van der Waals surface area (Å²) in [5.74, 6) is 0. The summed E-state index contributed by atoms with van der Waals surface area (Å²) >= 11 is 0. The Bertz CT molecular complexity index is 622. The maximum absolute atomic E-state index is 11.6. The van der Waals surface area contributed by atoms with Crippen molar-refractivity contribution in [1.29, 1.82) is 0 Å². The van der Waals surface area contributed by atoms with Crippen LogP contribution in [0.2, 0.25) is 0 Å². The Morgan fingerprint density at radius 1 is 1.11 bits per heavy atom. The first-order valence-corrected chi connectivity index (χ1v) is 6.28. The number of rotatable bonds is 2. The van der Waals surface area contributed by atoms with Gasteiger partial charge in [-0.25, -0.2) is 14.8 Å². The summed E-state index contributed by atoms with van der Waals surface area (Å²) in [5, 5.41) is 5.56. The van der Waals surface area contributed by atoms with E-state index in [4.69, 9.17) is 0 Å². The summed E-state index contributed by atoms with van der Waals surface area (Å²) in [6.07, 6.45) is 0. The molecule has 0 fully saturated rings. The van der Waals surface area contributed by atoms with Gasteiger partial charge in [-0.3, -0.25) is 0 Å². The average molecular weight is 258 g/mol. The number of aromatic nitrogens is 2. The number of nitrogens with one attached hydrogen (secondary N) is 2. The number of carbonyl (C=O) groups is 1. The van der Waals surface area contributed by atoms with E-state index in [0.717, 1.165) is 22.4 Å². The maximum Gasteiger partial charge on any atom is 0.319 e. The van der Waals surface area contributed by atoms with Crippen molar-refractivity contribution in [3.05, 3.63) is 29.6 Å². The number of amides is 2. The smallest absolute Gasteiger partial charge is 0.319 e. The molecule has 2 rings (SSSR count). The van der Waals surface area contributed by atoms with Crippen LogP contribution in [0.15, 0.2) is 18.2 Å². The minimum atomic E-state index is -0.217. The first kappa shape index (κ1) is 13.3. The maximum atomic E-state index is 11.6. The van der Waals surface area contributed by atoms with Crippen LogP contribution in [0.1, 0.15) is 25.2 Å². The van der Waals surface area contributed by atoms with Gasteiger partial charge in [0.15, 0.2) is 0 Å². The standard InChI is InChI=1S/C14H18N4O/c1-8(2)15-14(19)18-11-5-6-12-13(7-11)17-10(4)9(3)16-12/h5-8H,1-4H3,(H2,15,18,19). The van der Waals surface area contributed by atoms with Gasteiger partial charge in [-0.15, -0.1) is 0 Å². The number of hydrogen-bond donors (Lipinski definition) is 2. The van der Waals surface area contributed by atoms with Gasteiger partial charge in [0.25, 0.3) is 0 Å². The average Bonchev–Trinajstić information content (AvgIpc) is 2.30. The van der Waals surface area contributed by atoms with Crippen molar-refractivity contribution in [2.45, 2.75) is 33.7 Å². The summed E-state index contributed by atoms with van der Waals surface area (Å²) in [6.45, 7) is 7.69. The van der Waals surface area contributed by atoms with Crippen LogP contribution in [0.3, 0.4) is 0 Å². The molecule has 0 radical (unpaired) electrons. The molecular formula is C14H18N4O.